The van der Waals surface area contributed by atoms with Crippen molar-refractivity contribution < 1.29 is 54.9 Å². The maximum absolute atomic E-state index is 14.7. The van der Waals surface area contributed by atoms with E-state index in [9.17, 15) is 35.9 Å². The first-order chi connectivity index (χ1) is 18.3. The summed E-state index contributed by atoms with van der Waals surface area (Å²) >= 11 is 5.99. The van der Waals surface area contributed by atoms with Gasteiger partial charge in [-0.2, -0.15) is 4.39 Å². The number of carbonyl (C=O) groups excluding carboxylic acids is 2. The Morgan fingerprint density at radius 2 is 1.67 bits per heavy atom. The number of benzene rings is 2. The predicted octanol–water partition coefficient (Wildman–Crippen LogP) is 5.87. The van der Waals surface area contributed by atoms with Crippen LogP contribution in [0.5, 0.6) is 28.7 Å². The average molecular weight is 580 g/mol. The number of primary amides is 1. The van der Waals surface area contributed by atoms with Gasteiger partial charge in [-0.15, -0.1) is 13.2 Å². The van der Waals surface area contributed by atoms with Gasteiger partial charge in [-0.1, -0.05) is 11.6 Å². The van der Waals surface area contributed by atoms with Crippen molar-refractivity contribution in [3.05, 3.63) is 64.2 Å². The molecule has 0 spiro atoms. The fraction of sp³-hybridized carbons (Fsp3) is 0.174. The Bertz CT molecular complexity index is 1420. The van der Waals surface area contributed by atoms with Gasteiger partial charge in [0.25, 0.3) is 18.2 Å². The van der Waals surface area contributed by atoms with Gasteiger partial charge < -0.3 is 30.0 Å². The standard InChI is InChI=1S/C23H16ClF6N3O6/c1-36-18-13(4-3-12(17(18)25)39-23(28,29)30)38-14-8-10(24)15(20(26)27)19(37-2)16(14)22(35)33-9-5-6-32-11(7-9)21(31)34/h3-8,20H,1-2H3,(H2,31,34)(H,32,33,35). The lowest BCUT2D eigenvalue weighted by Crippen LogP contribution is -2.18. The fourth-order valence-electron chi connectivity index (χ4n) is 3.28. The predicted molar refractivity (Wildman–Crippen MR) is 123 cm³/mol. The number of nitrogens with zero attached hydrogens (tertiary/aromatic N) is 1. The summed E-state index contributed by atoms with van der Waals surface area (Å²) in [6, 6.07) is 4.51. The van der Waals surface area contributed by atoms with Gasteiger partial charge in [0.2, 0.25) is 11.6 Å². The van der Waals surface area contributed by atoms with E-state index in [-0.39, 0.29) is 11.4 Å². The van der Waals surface area contributed by atoms with E-state index in [0.717, 1.165) is 38.6 Å². The number of halogens is 7. The molecule has 2 aromatic carbocycles. The lowest BCUT2D eigenvalue weighted by Gasteiger charge is -2.20. The van der Waals surface area contributed by atoms with Crippen molar-refractivity contribution in [1.82, 2.24) is 4.98 Å². The lowest BCUT2D eigenvalue weighted by atomic mass is 10.1. The molecule has 0 saturated carbocycles. The number of hydrogen-bond acceptors (Lipinski definition) is 7. The number of methoxy groups -OCH3 is 2. The molecule has 16 heteroatoms. The molecule has 0 saturated heterocycles. The van der Waals surface area contributed by atoms with Crippen LogP contribution in [0.15, 0.2) is 36.5 Å². The molecule has 0 fully saturated rings. The Hall–Kier alpha value is -4.40. The molecule has 3 N–H and O–H groups in total. The minimum Gasteiger partial charge on any atom is -0.495 e. The number of hydrogen-bond donors (Lipinski definition) is 2. The number of ether oxygens (including phenoxy) is 4. The highest BCUT2D eigenvalue weighted by atomic mass is 35.5. The first-order valence-electron chi connectivity index (χ1n) is 10.3. The third-order valence-corrected chi connectivity index (χ3v) is 5.14. The molecule has 0 atom stereocenters. The Labute approximate surface area is 220 Å². The highest BCUT2D eigenvalue weighted by Crippen LogP contribution is 2.46. The summed E-state index contributed by atoms with van der Waals surface area (Å²) in [4.78, 5) is 28.4. The largest absolute Gasteiger partial charge is 0.573 e. The van der Waals surface area contributed by atoms with Crippen LogP contribution in [0, 0.1) is 5.82 Å². The van der Waals surface area contributed by atoms with E-state index in [1.165, 1.54) is 6.07 Å². The Kier molecular flexibility index (Phi) is 8.64. The van der Waals surface area contributed by atoms with Gasteiger partial charge >= 0.3 is 6.36 Å². The second kappa shape index (κ2) is 11.6. The van der Waals surface area contributed by atoms with E-state index in [1.54, 1.807) is 0 Å². The molecule has 0 unspecified atom stereocenters. The molecule has 208 valence electrons. The summed E-state index contributed by atoms with van der Waals surface area (Å²) in [5, 5.41) is 1.71. The van der Waals surface area contributed by atoms with Gasteiger partial charge in [-0.25, -0.2) is 8.78 Å². The first kappa shape index (κ1) is 29.2. The molecule has 39 heavy (non-hydrogen) atoms. The van der Waals surface area contributed by atoms with Crippen molar-refractivity contribution in [1.29, 1.82) is 0 Å². The molecule has 9 nitrogen and oxygen atoms in total. The number of pyridine rings is 1. The normalized spacial score (nSPS) is 11.2. The van der Waals surface area contributed by atoms with Crippen LogP contribution in [0.3, 0.4) is 0 Å². The van der Waals surface area contributed by atoms with Crippen molar-refractivity contribution in [3.8, 4) is 28.7 Å². The maximum Gasteiger partial charge on any atom is 0.573 e. The van der Waals surface area contributed by atoms with Crippen molar-refractivity contribution in [2.45, 2.75) is 12.8 Å². The van der Waals surface area contributed by atoms with E-state index >= 15 is 0 Å². The molecule has 0 radical (unpaired) electrons. The maximum atomic E-state index is 14.7. The second-order valence-corrected chi connectivity index (χ2v) is 7.69. The monoisotopic (exact) mass is 579 g/mol. The molecule has 0 aliphatic carbocycles. The van der Waals surface area contributed by atoms with Gasteiger partial charge in [-0.05, 0) is 24.3 Å². The third-order valence-electron chi connectivity index (χ3n) is 4.83. The molecule has 2 amide bonds. The summed E-state index contributed by atoms with van der Waals surface area (Å²) < 4.78 is 99.1. The van der Waals surface area contributed by atoms with Gasteiger partial charge in [0.15, 0.2) is 11.5 Å². The smallest absolute Gasteiger partial charge is 0.495 e. The summed E-state index contributed by atoms with van der Waals surface area (Å²) in [6.45, 7) is 0. The van der Waals surface area contributed by atoms with E-state index in [0.29, 0.717) is 6.07 Å². The molecule has 0 aliphatic rings. The summed E-state index contributed by atoms with van der Waals surface area (Å²) in [6.07, 6.45) is -7.33. The third kappa shape index (κ3) is 6.54. The Balaban J connectivity index is 2.16. The molecule has 1 heterocycles. The molecule has 1 aromatic heterocycles. The number of amides is 2. The number of carbonyl (C=O) groups is 2. The zero-order chi connectivity index (χ0) is 29.1. The summed E-state index contributed by atoms with van der Waals surface area (Å²) in [5.74, 6) is -7.69. The van der Waals surface area contributed by atoms with E-state index in [4.69, 9.17) is 31.5 Å². The van der Waals surface area contributed by atoms with Crippen molar-refractivity contribution in [2.24, 2.45) is 5.73 Å². The quantitative estimate of drug-likeness (QED) is 0.304. The van der Waals surface area contributed by atoms with E-state index in [1.807, 2.05) is 0 Å². The summed E-state index contributed by atoms with van der Waals surface area (Å²) in [5.41, 5.74) is 3.33. The van der Waals surface area contributed by atoms with Crippen LogP contribution in [0.4, 0.5) is 32.0 Å². The van der Waals surface area contributed by atoms with Gasteiger partial charge in [0.1, 0.15) is 22.8 Å². The van der Waals surface area contributed by atoms with Crippen LogP contribution < -0.4 is 30.0 Å². The van der Waals surface area contributed by atoms with Gasteiger partial charge in [0, 0.05) is 18.0 Å². The molecular formula is C23H16ClF6N3O6. The van der Waals surface area contributed by atoms with Crippen LogP contribution in [-0.4, -0.2) is 37.4 Å². The topological polar surface area (TPSA) is 122 Å². The fourth-order valence-corrected chi connectivity index (χ4v) is 3.55. The minimum atomic E-state index is -5.23. The number of nitrogens with two attached hydrogens (primary N) is 1. The van der Waals surface area contributed by atoms with Crippen molar-refractivity contribution in [2.75, 3.05) is 19.5 Å². The van der Waals surface area contributed by atoms with Crippen LogP contribution >= 0.6 is 11.6 Å². The Morgan fingerprint density at radius 3 is 2.23 bits per heavy atom. The average Bonchev–Trinajstić information content (AvgIpc) is 2.84. The minimum absolute atomic E-state index is 0.0392. The number of aromatic nitrogens is 1. The highest BCUT2D eigenvalue weighted by Gasteiger charge is 2.34. The summed E-state index contributed by atoms with van der Waals surface area (Å²) in [7, 11) is 1.86. The van der Waals surface area contributed by atoms with E-state index < -0.39 is 75.3 Å². The molecule has 3 aromatic rings. The molecule has 0 aliphatic heterocycles. The molecular weight excluding hydrogens is 564 g/mol. The van der Waals surface area contributed by atoms with Crippen molar-refractivity contribution in [3.63, 3.8) is 0 Å². The second-order valence-electron chi connectivity index (χ2n) is 7.29. The number of rotatable bonds is 9. The van der Waals surface area contributed by atoms with Crippen LogP contribution in [-0.2, 0) is 0 Å². The lowest BCUT2D eigenvalue weighted by molar-refractivity contribution is -0.275. The van der Waals surface area contributed by atoms with Crippen LogP contribution in [0.2, 0.25) is 5.02 Å². The number of alkyl halides is 5. The van der Waals surface area contributed by atoms with Crippen molar-refractivity contribution >= 4 is 29.1 Å². The zero-order valence-electron chi connectivity index (χ0n) is 19.7. The van der Waals surface area contributed by atoms with Gasteiger partial charge in [-0.3, -0.25) is 14.6 Å². The first-order valence-corrected chi connectivity index (χ1v) is 10.7. The zero-order valence-corrected chi connectivity index (χ0v) is 20.4. The van der Waals surface area contributed by atoms with Crippen LogP contribution in [0.25, 0.3) is 0 Å². The van der Waals surface area contributed by atoms with E-state index in [2.05, 4.69) is 15.0 Å². The SMILES string of the molecule is COc1c(Oc2cc(Cl)c(C(F)F)c(OC)c2C(=O)Nc2ccnc(C(N)=O)c2)ccc(OC(F)(F)F)c1F. The molecule has 0 bridgehead atoms. The molecule has 3 rings (SSSR count). The highest BCUT2D eigenvalue weighted by molar-refractivity contribution is 6.32. The number of anilines is 1. The van der Waals surface area contributed by atoms with Crippen LogP contribution in [0.1, 0.15) is 32.8 Å². The number of nitrogens with one attached hydrogen (secondary N) is 1. The van der Waals surface area contributed by atoms with Gasteiger partial charge in [0.05, 0.1) is 24.8 Å². The Morgan fingerprint density at radius 1 is 1.03 bits per heavy atom.